The van der Waals surface area contributed by atoms with Crippen LogP contribution in [0.25, 0.3) is 38.9 Å². The van der Waals surface area contributed by atoms with Crippen LogP contribution in [0.15, 0.2) is 47.2 Å². The Morgan fingerprint density at radius 2 is 1.49 bits per heavy atom. The molecule has 0 radical (unpaired) electrons. The molecule has 0 amide bonds. The Balaban J connectivity index is 1.66. The first-order valence-corrected chi connectivity index (χ1v) is 11.4. The van der Waals surface area contributed by atoms with Gasteiger partial charge in [0.05, 0.1) is 16.7 Å². The van der Waals surface area contributed by atoms with Crippen LogP contribution >= 0.6 is 11.3 Å². The molecule has 5 aromatic rings. The van der Waals surface area contributed by atoms with Gasteiger partial charge in [0, 0.05) is 27.1 Å². The third-order valence-corrected chi connectivity index (χ3v) is 7.15. The van der Waals surface area contributed by atoms with Crippen LogP contribution in [-0.4, -0.2) is 19.5 Å². The van der Waals surface area contributed by atoms with E-state index in [0.29, 0.717) is 5.39 Å². The summed E-state index contributed by atoms with van der Waals surface area (Å²) >= 11 is 1.57. The third kappa shape index (κ3) is 3.10. The molecule has 0 bridgehead atoms. The minimum absolute atomic E-state index is 0.0319. The van der Waals surface area contributed by atoms with Crippen LogP contribution in [0.4, 0.5) is 26.3 Å². The lowest BCUT2D eigenvalue weighted by Gasteiger charge is -2.32. The fraction of sp³-hybridized carbons (Fsp3) is 0.208. The normalized spacial score (nSPS) is 15.1. The molecule has 2 aromatic carbocycles. The number of aromatic nitrogens is 4. The number of rotatable bonds is 1. The van der Waals surface area contributed by atoms with E-state index in [-0.39, 0.29) is 11.0 Å². The van der Waals surface area contributed by atoms with E-state index in [1.54, 1.807) is 17.4 Å². The lowest BCUT2D eigenvalue weighted by atomic mass is 9.76. The van der Waals surface area contributed by atoms with E-state index in [9.17, 15) is 26.3 Å². The smallest absolute Gasteiger partial charge is 0.308 e. The summed E-state index contributed by atoms with van der Waals surface area (Å²) in [6.45, 7) is 4.25. The summed E-state index contributed by atoms with van der Waals surface area (Å²) in [6.07, 6.45) is -10.3. The highest BCUT2D eigenvalue weighted by atomic mass is 32.1. The summed E-state index contributed by atoms with van der Waals surface area (Å²) in [4.78, 5) is 9.27. The zero-order chi connectivity index (χ0) is 24.9. The number of halogens is 6. The summed E-state index contributed by atoms with van der Waals surface area (Å²) in [6, 6.07) is 10.5. The second-order valence-electron chi connectivity index (χ2n) is 8.87. The Hall–Kier alpha value is -3.47. The summed E-state index contributed by atoms with van der Waals surface area (Å²) in [7, 11) is 0. The van der Waals surface area contributed by atoms with Crippen molar-refractivity contribution in [2.45, 2.75) is 31.6 Å². The molecule has 6 rings (SSSR count). The molecule has 0 fully saturated rings. The van der Waals surface area contributed by atoms with E-state index in [0.717, 1.165) is 33.2 Å². The molecule has 0 saturated heterocycles. The predicted octanol–water partition coefficient (Wildman–Crippen LogP) is 7.37. The van der Waals surface area contributed by atoms with Crippen LogP contribution in [0.2, 0.25) is 0 Å². The van der Waals surface area contributed by atoms with Gasteiger partial charge in [-0.05, 0) is 34.7 Å². The fourth-order valence-corrected chi connectivity index (χ4v) is 5.78. The summed E-state index contributed by atoms with van der Waals surface area (Å²) < 4.78 is 81.7. The summed E-state index contributed by atoms with van der Waals surface area (Å²) in [5, 5.41) is 5.65. The van der Waals surface area contributed by atoms with Gasteiger partial charge in [0.15, 0.2) is 5.82 Å². The zero-order valence-corrected chi connectivity index (χ0v) is 18.9. The molecule has 35 heavy (non-hydrogen) atoms. The fourth-order valence-electron chi connectivity index (χ4n) is 4.80. The maximum atomic E-state index is 13.3. The number of hydrogen-bond acceptors (Lipinski definition) is 4. The lowest BCUT2D eigenvalue weighted by Crippen LogP contribution is -2.24. The molecule has 0 atom stereocenters. The maximum Gasteiger partial charge on any atom is 0.451 e. The van der Waals surface area contributed by atoms with Gasteiger partial charge >= 0.3 is 12.4 Å². The lowest BCUT2D eigenvalue weighted by molar-refractivity contribution is -0.155. The van der Waals surface area contributed by atoms with Crippen LogP contribution in [0.5, 0.6) is 0 Å². The molecule has 0 N–H and O–H groups in total. The molecule has 0 unspecified atom stereocenters. The summed E-state index contributed by atoms with van der Waals surface area (Å²) in [5.41, 5.74) is 4.73. The van der Waals surface area contributed by atoms with Crippen LogP contribution in [0.1, 0.15) is 36.6 Å². The van der Waals surface area contributed by atoms with Crippen molar-refractivity contribution in [1.29, 1.82) is 0 Å². The van der Waals surface area contributed by atoms with Crippen LogP contribution in [-0.2, 0) is 17.8 Å². The highest BCUT2D eigenvalue weighted by molar-refractivity contribution is 7.08. The van der Waals surface area contributed by atoms with Crippen molar-refractivity contribution in [1.82, 2.24) is 19.5 Å². The first kappa shape index (κ1) is 22.0. The standard InChI is InChI=1S/C24H14F6N4S/c1-22(2)14-5-3-4-12-13-8-11(6-7-16(13)34(18(12)14)17-10-35-9-15(17)22)19-31-20(23(25,26)27)33-21(32-19)24(28,29)30/h3-10H,1-2H3. The Morgan fingerprint density at radius 1 is 0.800 bits per heavy atom. The van der Waals surface area contributed by atoms with Crippen LogP contribution in [0.3, 0.4) is 0 Å². The van der Waals surface area contributed by atoms with Gasteiger partial charge < -0.3 is 4.57 Å². The molecule has 0 aliphatic carbocycles. The van der Waals surface area contributed by atoms with Gasteiger partial charge in [-0.15, -0.1) is 11.3 Å². The Kier molecular flexibility index (Phi) is 4.28. The molecular formula is C24H14F6N4S. The number of hydrogen-bond donors (Lipinski definition) is 0. The van der Waals surface area contributed by atoms with Crippen molar-refractivity contribution in [3.8, 4) is 17.1 Å². The van der Waals surface area contributed by atoms with Crippen LogP contribution < -0.4 is 0 Å². The molecule has 0 spiro atoms. The Labute approximate surface area is 197 Å². The van der Waals surface area contributed by atoms with Gasteiger partial charge in [-0.3, -0.25) is 0 Å². The molecule has 1 aliphatic heterocycles. The van der Waals surface area contributed by atoms with E-state index in [4.69, 9.17) is 0 Å². The van der Waals surface area contributed by atoms with Gasteiger partial charge in [-0.25, -0.2) is 15.0 Å². The van der Waals surface area contributed by atoms with Crippen molar-refractivity contribution in [3.63, 3.8) is 0 Å². The predicted molar refractivity (Wildman–Crippen MR) is 120 cm³/mol. The van der Waals surface area contributed by atoms with Gasteiger partial charge in [-0.1, -0.05) is 32.0 Å². The van der Waals surface area contributed by atoms with Gasteiger partial charge in [0.25, 0.3) is 0 Å². The van der Waals surface area contributed by atoms with Crippen molar-refractivity contribution in [3.05, 3.63) is 69.9 Å². The number of alkyl halides is 6. The second-order valence-corrected chi connectivity index (χ2v) is 9.61. The highest BCUT2D eigenvalue weighted by Crippen LogP contribution is 2.48. The Morgan fingerprint density at radius 3 is 2.14 bits per heavy atom. The molecule has 1 aliphatic rings. The van der Waals surface area contributed by atoms with Gasteiger partial charge in [-0.2, -0.15) is 26.3 Å². The number of thiophene rings is 1. The van der Waals surface area contributed by atoms with E-state index in [1.807, 2.05) is 23.6 Å². The van der Waals surface area contributed by atoms with Crippen molar-refractivity contribution in [2.24, 2.45) is 0 Å². The van der Waals surface area contributed by atoms with Crippen LogP contribution in [0, 0.1) is 0 Å². The zero-order valence-electron chi connectivity index (χ0n) is 18.1. The van der Waals surface area contributed by atoms with E-state index in [1.165, 1.54) is 12.1 Å². The van der Waals surface area contributed by atoms with Gasteiger partial charge in [0.2, 0.25) is 11.6 Å². The monoisotopic (exact) mass is 504 g/mol. The second kappa shape index (κ2) is 6.81. The van der Waals surface area contributed by atoms with E-state index in [2.05, 4.69) is 38.7 Å². The number of nitrogens with zero attached hydrogens (tertiary/aromatic N) is 4. The Bertz CT molecular complexity index is 1630. The largest absolute Gasteiger partial charge is 0.451 e. The molecule has 0 saturated carbocycles. The highest BCUT2D eigenvalue weighted by Gasteiger charge is 2.42. The quantitative estimate of drug-likeness (QED) is 0.224. The molecular weight excluding hydrogens is 490 g/mol. The van der Waals surface area contributed by atoms with Crippen molar-refractivity contribution in [2.75, 3.05) is 0 Å². The average molecular weight is 504 g/mol. The van der Waals surface area contributed by atoms with Crippen molar-refractivity contribution >= 4 is 33.1 Å². The van der Waals surface area contributed by atoms with Crippen molar-refractivity contribution < 1.29 is 26.3 Å². The molecule has 4 nitrogen and oxygen atoms in total. The average Bonchev–Trinajstić information content (AvgIpc) is 3.40. The molecule has 178 valence electrons. The SMILES string of the molecule is CC1(C)c2cscc2-n2c3ccc(-c4nc(C(F)(F)F)nc(C(F)(F)F)n4)cc3c3cccc1c32. The number of benzene rings is 2. The minimum Gasteiger partial charge on any atom is -0.308 e. The minimum atomic E-state index is -5.16. The van der Waals surface area contributed by atoms with E-state index < -0.39 is 29.8 Å². The first-order valence-electron chi connectivity index (χ1n) is 10.4. The molecule has 11 heteroatoms. The summed E-state index contributed by atoms with van der Waals surface area (Å²) in [5.74, 6) is -4.46. The third-order valence-electron chi connectivity index (χ3n) is 6.42. The topological polar surface area (TPSA) is 43.6 Å². The first-order chi connectivity index (χ1) is 16.4. The maximum absolute atomic E-state index is 13.3. The number of fused-ring (bicyclic) bond motifs is 5. The molecule has 4 heterocycles. The van der Waals surface area contributed by atoms with Gasteiger partial charge in [0.1, 0.15) is 0 Å². The number of para-hydroxylation sites is 1. The molecule has 3 aromatic heterocycles. The van der Waals surface area contributed by atoms with E-state index >= 15 is 0 Å².